The van der Waals surface area contributed by atoms with Crippen molar-refractivity contribution in [2.45, 2.75) is 24.4 Å². The Bertz CT molecular complexity index is 371. The Hall–Kier alpha value is -0.270. The van der Waals surface area contributed by atoms with Crippen molar-refractivity contribution in [3.8, 4) is 0 Å². The number of hydrogen-bond donors (Lipinski definition) is 9. The van der Waals surface area contributed by atoms with Crippen molar-refractivity contribution in [1.29, 1.82) is 0 Å². The van der Waals surface area contributed by atoms with Crippen molar-refractivity contribution in [3.63, 3.8) is 0 Å². The van der Waals surface area contributed by atoms with Crippen molar-refractivity contribution in [3.05, 3.63) is 0 Å². The van der Waals surface area contributed by atoms with Gasteiger partial charge in [-0.2, -0.15) is 4.31 Å². The lowest BCUT2D eigenvalue weighted by molar-refractivity contribution is -0.118. The van der Waals surface area contributed by atoms with Crippen molar-refractivity contribution >= 4 is 21.9 Å². The number of carbonyl (C=O) groups is 1. The average molecular weight is 357 g/mol. The predicted octanol–water partition coefficient (Wildman–Crippen LogP) is -4.22. The number of nitrogens with two attached hydrogens (primary N) is 1. The Morgan fingerprint density at radius 3 is 1.57 bits per heavy atom. The number of rotatable bonds is 7. The molecule has 0 heterocycles. The van der Waals surface area contributed by atoms with Gasteiger partial charge in [-0.1, -0.05) is 0 Å². The van der Waals surface area contributed by atoms with E-state index in [4.69, 9.17) is 45.7 Å². The number of phosphoric acid groups is 2. The molecule has 0 aliphatic carbocycles. The van der Waals surface area contributed by atoms with E-state index in [1.165, 1.54) is 0 Å². The first kappa shape index (κ1) is 23.0. The number of aldehydes is 1. The van der Waals surface area contributed by atoms with Crippen LogP contribution in [0.5, 0.6) is 0 Å². The Kier molecular flexibility index (Phi) is 10.6. The molecule has 4 atom stereocenters. The van der Waals surface area contributed by atoms with Gasteiger partial charge in [-0.25, -0.2) is 9.13 Å². The third kappa shape index (κ3) is 13.1. The van der Waals surface area contributed by atoms with E-state index >= 15 is 0 Å². The van der Waals surface area contributed by atoms with Gasteiger partial charge in [0.1, 0.15) is 24.6 Å². The Morgan fingerprint density at radius 1 is 1.00 bits per heavy atom. The minimum atomic E-state index is -5.05. The van der Waals surface area contributed by atoms with Crippen LogP contribution in [0, 0.1) is 0 Å². The Labute approximate surface area is 118 Å². The molecule has 0 saturated carbocycles. The van der Waals surface area contributed by atoms with Crippen LogP contribution in [-0.2, 0) is 18.2 Å². The first-order chi connectivity index (χ1) is 9.25. The van der Waals surface area contributed by atoms with Crippen LogP contribution < -0.4 is 5.73 Å². The van der Waals surface area contributed by atoms with Crippen LogP contribution in [0.1, 0.15) is 0 Å². The summed E-state index contributed by atoms with van der Waals surface area (Å²) < 4.78 is 22.2. The molecule has 0 spiro atoms. The van der Waals surface area contributed by atoms with Gasteiger partial charge in [0.15, 0.2) is 0 Å². The summed E-state index contributed by atoms with van der Waals surface area (Å²) in [7, 11) is -10.1. The summed E-state index contributed by atoms with van der Waals surface area (Å²) in [4.78, 5) is 41.0. The second-order valence-electron chi connectivity index (χ2n) is 3.51. The smallest absolute Gasteiger partial charge is 0.394 e. The van der Waals surface area contributed by atoms with E-state index in [1.807, 2.05) is 0 Å². The van der Waals surface area contributed by atoms with Gasteiger partial charge in [-0.3, -0.25) is 0 Å². The van der Waals surface area contributed by atoms with Gasteiger partial charge in [0.2, 0.25) is 0 Å². The van der Waals surface area contributed by atoms with Gasteiger partial charge >= 0.3 is 15.6 Å². The molecule has 0 aromatic carbocycles. The lowest BCUT2D eigenvalue weighted by Gasteiger charge is -2.23. The maximum Gasteiger partial charge on any atom is 0.478 e. The highest BCUT2D eigenvalue weighted by Crippen LogP contribution is 2.53. The molecular weight excluding hydrogens is 340 g/mol. The summed E-state index contributed by atoms with van der Waals surface area (Å²) in [6.45, 7) is -0.705. The molecule has 0 fully saturated rings. The number of carbonyl (C=O) groups excluding carboxylic acids is 1. The molecule has 0 aliphatic heterocycles. The topological polar surface area (TPSA) is 248 Å². The Morgan fingerprint density at radius 2 is 1.38 bits per heavy atom. The lowest BCUT2D eigenvalue weighted by Crippen LogP contribution is -2.49. The fourth-order valence-corrected chi connectivity index (χ4v) is 1.89. The molecule has 128 valence electrons. The molecule has 0 saturated heterocycles. The van der Waals surface area contributed by atoms with Crippen LogP contribution in [0.2, 0.25) is 0 Å². The zero-order chi connectivity index (χ0) is 17.4. The molecule has 10 N–H and O–H groups in total. The highest BCUT2D eigenvalue weighted by molar-refractivity contribution is 7.60. The predicted molar refractivity (Wildman–Crippen MR) is 64.3 cm³/mol. The zero-order valence-corrected chi connectivity index (χ0v) is 12.1. The van der Waals surface area contributed by atoms with Gasteiger partial charge < -0.3 is 50.5 Å². The highest BCUT2D eigenvalue weighted by atomic mass is 31.3. The van der Waals surface area contributed by atoms with E-state index in [9.17, 15) is 13.9 Å². The summed E-state index contributed by atoms with van der Waals surface area (Å²) in [5, 5.41) is 35.2. The summed E-state index contributed by atoms with van der Waals surface area (Å²) in [5.74, 6) is 0. The monoisotopic (exact) mass is 357 g/mol. The third-order valence-electron chi connectivity index (χ3n) is 1.70. The lowest BCUT2D eigenvalue weighted by atomic mass is 10.0. The summed E-state index contributed by atoms with van der Waals surface area (Å²) in [6, 6.07) is -1.26. The maximum atomic E-state index is 10.0. The average Bonchev–Trinajstić information content (AvgIpc) is 2.31. The van der Waals surface area contributed by atoms with E-state index in [0.717, 1.165) is 0 Å². The molecule has 0 aromatic rings. The van der Waals surface area contributed by atoms with Gasteiger partial charge in [-0.05, 0) is 0 Å². The molecular formula is C6H17NO12P2. The van der Waals surface area contributed by atoms with Crippen LogP contribution in [0.4, 0.5) is 0 Å². The molecule has 15 heteroatoms. The third-order valence-corrected chi connectivity index (χ3v) is 3.40. The molecule has 0 rings (SSSR count). The fraction of sp³-hybridized carbons (Fsp3) is 0.833. The van der Waals surface area contributed by atoms with Crippen LogP contribution >= 0.6 is 15.6 Å². The van der Waals surface area contributed by atoms with Crippen molar-refractivity contribution < 1.29 is 58.2 Å². The normalized spacial score (nSPS) is 18.0. The molecule has 0 unspecified atom stereocenters. The van der Waals surface area contributed by atoms with E-state index < -0.39 is 46.6 Å². The molecule has 21 heavy (non-hydrogen) atoms. The first-order valence-electron chi connectivity index (χ1n) is 4.93. The van der Waals surface area contributed by atoms with E-state index in [2.05, 4.69) is 4.31 Å². The van der Waals surface area contributed by atoms with E-state index in [0.29, 0.717) is 0 Å². The van der Waals surface area contributed by atoms with Gasteiger partial charge in [0.25, 0.3) is 0 Å². The first-order valence-corrected chi connectivity index (χ1v) is 7.99. The van der Waals surface area contributed by atoms with Crippen LogP contribution in [-0.4, -0.2) is 77.2 Å². The zero-order valence-electron chi connectivity index (χ0n) is 10.3. The highest BCUT2D eigenvalue weighted by Gasteiger charge is 2.29. The second-order valence-corrected chi connectivity index (χ2v) is 6.12. The standard InChI is InChI=1S/C6H13NO5.H4O7P2/c7-3(1-8)5(11)6(12)4(10)2-9;1-8(2,3)7-9(4,5)6/h1,3-6,9-12H,2,7H2;(H2,1,2,3)(H2,4,5,6)/t3-,4+,5+,6+;/m0./s1. The van der Waals surface area contributed by atoms with E-state index in [1.54, 1.807) is 0 Å². The molecule has 0 bridgehead atoms. The van der Waals surface area contributed by atoms with Crippen LogP contribution in [0.15, 0.2) is 0 Å². The van der Waals surface area contributed by atoms with E-state index in [-0.39, 0.29) is 6.29 Å². The minimum Gasteiger partial charge on any atom is -0.394 e. The van der Waals surface area contributed by atoms with Crippen molar-refractivity contribution in [1.82, 2.24) is 0 Å². The number of hydrogen-bond acceptors (Lipinski definition) is 9. The summed E-state index contributed by atoms with van der Waals surface area (Å²) in [5.41, 5.74) is 5.04. The van der Waals surface area contributed by atoms with Gasteiger partial charge in [0, 0.05) is 0 Å². The molecule has 0 aliphatic rings. The minimum absolute atomic E-state index is 0.248. The van der Waals surface area contributed by atoms with Crippen molar-refractivity contribution in [2.75, 3.05) is 6.61 Å². The quantitative estimate of drug-likeness (QED) is 0.155. The second kappa shape index (κ2) is 9.69. The molecule has 0 radical (unpaired) electrons. The van der Waals surface area contributed by atoms with Gasteiger partial charge in [0.05, 0.1) is 12.6 Å². The van der Waals surface area contributed by atoms with Crippen molar-refractivity contribution in [2.24, 2.45) is 5.73 Å². The maximum absolute atomic E-state index is 10.0. The number of aliphatic hydroxyl groups excluding tert-OH is 4. The van der Waals surface area contributed by atoms with Crippen LogP contribution in [0.25, 0.3) is 0 Å². The SMILES string of the molecule is N[C@@H](C=O)[C@@H](O)[C@H](O)[C@H](O)CO.O=P(O)(O)OP(=O)(O)O. The summed E-state index contributed by atoms with van der Waals surface area (Å²) >= 11 is 0. The summed E-state index contributed by atoms with van der Waals surface area (Å²) in [6.07, 6.45) is -4.43. The number of aliphatic hydroxyl groups is 4. The largest absolute Gasteiger partial charge is 0.478 e. The van der Waals surface area contributed by atoms with Crippen LogP contribution in [0.3, 0.4) is 0 Å². The molecule has 0 aromatic heterocycles. The Balaban J connectivity index is 0. The van der Waals surface area contributed by atoms with Gasteiger partial charge in [-0.15, -0.1) is 0 Å². The fourth-order valence-electron chi connectivity index (χ4n) is 0.782. The molecule has 0 amide bonds. The molecule has 13 nitrogen and oxygen atoms in total.